The predicted molar refractivity (Wildman–Crippen MR) is 138 cm³/mol. The lowest BCUT2D eigenvalue weighted by Crippen LogP contribution is -2.47. The normalized spacial score (nSPS) is 15.2. The average molecular weight is 499 g/mol. The average Bonchev–Trinajstić information content (AvgIpc) is 3.51. The first-order chi connectivity index (χ1) is 16.0. The Balaban J connectivity index is 1.16. The molecule has 0 bridgehead atoms. The summed E-state index contributed by atoms with van der Waals surface area (Å²) in [6.45, 7) is 6.94. The van der Waals surface area contributed by atoms with Crippen LogP contribution in [0, 0.1) is 6.92 Å². The van der Waals surface area contributed by atoms with Crippen LogP contribution < -0.4 is 9.62 Å². The van der Waals surface area contributed by atoms with Gasteiger partial charge in [0.25, 0.3) is 10.0 Å². The Morgan fingerprint density at radius 2 is 1.85 bits per heavy atom. The van der Waals surface area contributed by atoms with Crippen molar-refractivity contribution in [2.75, 3.05) is 42.3 Å². The van der Waals surface area contributed by atoms with Crippen LogP contribution in [0.1, 0.15) is 11.1 Å². The minimum absolute atomic E-state index is 0.329. The van der Waals surface area contributed by atoms with Crippen molar-refractivity contribution in [3.8, 4) is 0 Å². The number of sulfonamides is 1. The number of rotatable bonds is 7. The van der Waals surface area contributed by atoms with Crippen LogP contribution >= 0.6 is 22.9 Å². The third-order valence-electron chi connectivity index (χ3n) is 6.04. The van der Waals surface area contributed by atoms with E-state index in [1.54, 1.807) is 29.0 Å². The van der Waals surface area contributed by atoms with Crippen molar-refractivity contribution in [1.29, 1.82) is 0 Å². The maximum Gasteiger partial charge on any atom is 0.271 e. The van der Waals surface area contributed by atoms with E-state index < -0.39 is 10.0 Å². The smallest absolute Gasteiger partial charge is 0.271 e. The summed E-state index contributed by atoms with van der Waals surface area (Å²) in [6.07, 6.45) is 0.943. The third-order valence-corrected chi connectivity index (χ3v) is 9.62. The van der Waals surface area contributed by atoms with Gasteiger partial charge in [0.2, 0.25) is 0 Å². The lowest BCUT2D eigenvalue weighted by molar-refractivity contribution is 0.261. The van der Waals surface area contributed by atoms with E-state index >= 15 is 0 Å². The quantitative estimate of drug-likeness (QED) is 0.395. The molecule has 1 aliphatic heterocycles. The largest absolute Gasteiger partial charge is 0.353 e. The zero-order valence-corrected chi connectivity index (χ0v) is 20.8. The van der Waals surface area contributed by atoms with Gasteiger partial charge < -0.3 is 4.90 Å². The van der Waals surface area contributed by atoms with Gasteiger partial charge in [0.1, 0.15) is 10.0 Å². The molecule has 4 aromatic rings. The van der Waals surface area contributed by atoms with E-state index in [0.29, 0.717) is 9.90 Å². The maximum atomic E-state index is 12.5. The highest BCUT2D eigenvalue weighted by molar-refractivity contribution is 7.94. The molecule has 1 fully saturated rings. The Bertz CT molecular complexity index is 1340. The predicted octanol–water partition coefficient (Wildman–Crippen LogP) is 4.83. The molecular formula is C24H26N4O2S3. The molecule has 0 atom stereocenters. The van der Waals surface area contributed by atoms with Gasteiger partial charge in [-0.1, -0.05) is 30.3 Å². The zero-order chi connectivity index (χ0) is 22.8. The summed E-state index contributed by atoms with van der Waals surface area (Å²) >= 11 is 2.79. The number of hydrogen-bond acceptors (Lipinski definition) is 7. The van der Waals surface area contributed by atoms with E-state index in [-0.39, 0.29) is 0 Å². The number of thiophene rings is 1. The van der Waals surface area contributed by atoms with Crippen molar-refractivity contribution in [3.05, 3.63) is 71.1 Å². The first-order valence-corrected chi connectivity index (χ1v) is 14.1. The highest BCUT2D eigenvalue weighted by Crippen LogP contribution is 2.30. The minimum Gasteiger partial charge on any atom is -0.353 e. The fourth-order valence-corrected chi connectivity index (χ4v) is 7.10. The van der Waals surface area contributed by atoms with Gasteiger partial charge in [-0.15, -0.1) is 11.3 Å². The van der Waals surface area contributed by atoms with Gasteiger partial charge in [0.15, 0.2) is 0 Å². The number of anilines is 2. The van der Waals surface area contributed by atoms with Crippen molar-refractivity contribution < 1.29 is 8.42 Å². The van der Waals surface area contributed by atoms with Crippen LogP contribution in [0.4, 0.5) is 11.5 Å². The minimum atomic E-state index is -3.52. The number of nitrogens with one attached hydrogen (secondary N) is 1. The van der Waals surface area contributed by atoms with Gasteiger partial charge in [-0.3, -0.25) is 9.62 Å². The van der Waals surface area contributed by atoms with E-state index in [4.69, 9.17) is 4.37 Å². The van der Waals surface area contributed by atoms with Gasteiger partial charge in [0, 0.05) is 38.1 Å². The summed E-state index contributed by atoms with van der Waals surface area (Å²) < 4.78 is 34.0. The summed E-state index contributed by atoms with van der Waals surface area (Å²) in [6, 6.07) is 17.8. The number of aromatic nitrogens is 1. The molecule has 1 aliphatic rings. The maximum absolute atomic E-state index is 12.5. The number of fused-ring (bicyclic) bond motifs is 1. The fourth-order valence-electron chi connectivity index (χ4n) is 4.18. The van der Waals surface area contributed by atoms with Crippen LogP contribution in [0.3, 0.4) is 0 Å². The van der Waals surface area contributed by atoms with Gasteiger partial charge in [-0.25, -0.2) is 8.42 Å². The highest BCUT2D eigenvalue weighted by Gasteiger charge is 2.21. The van der Waals surface area contributed by atoms with Crippen LogP contribution in [0.5, 0.6) is 0 Å². The number of nitrogens with zero attached hydrogens (tertiary/aromatic N) is 3. The Hall–Kier alpha value is -2.46. The standard InChI is InChI=1S/C24H26N4O2S3/c1-18-17-19(8-9-21(18)26-33(29,30)23-7-4-16-31-23)10-11-27-12-14-28(15-13-27)24-20-5-2-3-6-22(20)32-25-24/h2-9,16-17,26H,10-15H2,1H3. The van der Waals surface area contributed by atoms with Gasteiger partial charge in [-0.05, 0) is 65.6 Å². The SMILES string of the molecule is Cc1cc(CCN2CCN(c3nsc4ccccc34)CC2)ccc1NS(=O)(=O)c1cccs1. The van der Waals surface area contributed by atoms with E-state index in [1.165, 1.54) is 27.0 Å². The number of hydrogen-bond donors (Lipinski definition) is 1. The second kappa shape index (κ2) is 9.42. The second-order valence-electron chi connectivity index (χ2n) is 8.27. The summed E-state index contributed by atoms with van der Waals surface area (Å²) in [7, 11) is -3.52. The molecule has 2 aromatic carbocycles. The summed E-state index contributed by atoms with van der Waals surface area (Å²) in [4.78, 5) is 4.89. The number of benzene rings is 2. The third kappa shape index (κ3) is 4.91. The Labute approximate surface area is 202 Å². The Morgan fingerprint density at radius 3 is 2.61 bits per heavy atom. The van der Waals surface area contributed by atoms with Crippen molar-refractivity contribution in [2.24, 2.45) is 0 Å². The molecule has 0 saturated carbocycles. The van der Waals surface area contributed by atoms with E-state index in [9.17, 15) is 8.42 Å². The van der Waals surface area contributed by atoms with Gasteiger partial charge >= 0.3 is 0 Å². The Kier molecular flexibility index (Phi) is 6.38. The summed E-state index contributed by atoms with van der Waals surface area (Å²) in [5.74, 6) is 1.12. The molecule has 3 heterocycles. The topological polar surface area (TPSA) is 65.5 Å². The van der Waals surface area contributed by atoms with Crippen LogP contribution in [0.25, 0.3) is 10.1 Å². The van der Waals surface area contributed by atoms with Crippen LogP contribution in [-0.4, -0.2) is 50.4 Å². The molecule has 1 N–H and O–H groups in total. The van der Waals surface area contributed by atoms with Crippen molar-refractivity contribution >= 4 is 54.5 Å². The van der Waals surface area contributed by atoms with Crippen molar-refractivity contribution in [3.63, 3.8) is 0 Å². The molecule has 2 aromatic heterocycles. The molecule has 0 amide bonds. The fraction of sp³-hybridized carbons (Fsp3) is 0.292. The van der Waals surface area contributed by atoms with Crippen molar-refractivity contribution in [1.82, 2.24) is 9.27 Å². The molecule has 0 aliphatic carbocycles. The molecular weight excluding hydrogens is 472 g/mol. The van der Waals surface area contributed by atoms with Gasteiger partial charge in [0.05, 0.1) is 10.4 Å². The second-order valence-corrected chi connectivity index (χ2v) is 11.9. The highest BCUT2D eigenvalue weighted by atomic mass is 32.2. The molecule has 9 heteroatoms. The molecule has 6 nitrogen and oxygen atoms in total. The number of piperazine rings is 1. The lowest BCUT2D eigenvalue weighted by atomic mass is 10.1. The van der Waals surface area contributed by atoms with E-state index in [0.717, 1.165) is 50.5 Å². The lowest BCUT2D eigenvalue weighted by Gasteiger charge is -2.35. The van der Waals surface area contributed by atoms with E-state index in [1.807, 2.05) is 19.1 Å². The molecule has 1 saturated heterocycles. The summed E-state index contributed by atoms with van der Waals surface area (Å²) in [5, 5.41) is 3.02. The number of aryl methyl sites for hydroxylation is 1. The Morgan fingerprint density at radius 1 is 1.03 bits per heavy atom. The molecule has 0 unspecified atom stereocenters. The molecule has 172 valence electrons. The van der Waals surface area contributed by atoms with Crippen LogP contribution in [-0.2, 0) is 16.4 Å². The zero-order valence-electron chi connectivity index (χ0n) is 18.4. The van der Waals surface area contributed by atoms with Gasteiger partial charge in [-0.2, -0.15) is 4.37 Å². The van der Waals surface area contributed by atoms with Crippen molar-refractivity contribution in [2.45, 2.75) is 17.6 Å². The molecule has 0 radical (unpaired) electrons. The first kappa shape index (κ1) is 22.3. The van der Waals surface area contributed by atoms with Crippen LogP contribution in [0.2, 0.25) is 0 Å². The van der Waals surface area contributed by atoms with Crippen LogP contribution in [0.15, 0.2) is 64.2 Å². The first-order valence-electron chi connectivity index (χ1n) is 11.0. The monoisotopic (exact) mass is 498 g/mol. The molecule has 5 rings (SSSR count). The molecule has 33 heavy (non-hydrogen) atoms. The summed E-state index contributed by atoms with van der Waals surface area (Å²) in [5.41, 5.74) is 2.80. The molecule has 0 spiro atoms. The van der Waals surface area contributed by atoms with E-state index in [2.05, 4.69) is 44.9 Å².